The van der Waals surface area contributed by atoms with Crippen molar-refractivity contribution in [2.75, 3.05) is 12.8 Å². The standard InChI is InChI=1S/C16H16BrClN2O/c1-10(14-5-3-4-6-15(14)18)20(2)16(21)11-7-12(17)9-13(19)8-11/h3-10H,19H2,1-2H3. The minimum atomic E-state index is -0.133. The molecule has 0 fully saturated rings. The lowest BCUT2D eigenvalue weighted by Gasteiger charge is -2.26. The van der Waals surface area contributed by atoms with Gasteiger partial charge in [0.1, 0.15) is 0 Å². The number of nitrogen functional groups attached to an aromatic ring is 1. The molecule has 2 N–H and O–H groups in total. The van der Waals surface area contributed by atoms with Crippen LogP contribution in [-0.4, -0.2) is 17.9 Å². The third kappa shape index (κ3) is 3.57. The Balaban J connectivity index is 2.28. The molecule has 21 heavy (non-hydrogen) atoms. The van der Waals surface area contributed by atoms with E-state index in [2.05, 4.69) is 15.9 Å². The summed E-state index contributed by atoms with van der Waals surface area (Å²) in [5, 5.41) is 0.651. The van der Waals surface area contributed by atoms with Crippen molar-refractivity contribution in [2.45, 2.75) is 13.0 Å². The van der Waals surface area contributed by atoms with E-state index in [0.717, 1.165) is 10.0 Å². The normalized spacial score (nSPS) is 12.0. The largest absolute Gasteiger partial charge is 0.399 e. The first kappa shape index (κ1) is 15.9. The van der Waals surface area contributed by atoms with Gasteiger partial charge in [-0.2, -0.15) is 0 Å². The van der Waals surface area contributed by atoms with Crippen molar-refractivity contribution in [3.63, 3.8) is 0 Å². The molecule has 110 valence electrons. The number of nitrogens with zero attached hydrogens (tertiary/aromatic N) is 1. The van der Waals surface area contributed by atoms with Crippen molar-refractivity contribution in [1.82, 2.24) is 4.90 Å². The Hall–Kier alpha value is -1.52. The summed E-state index contributed by atoms with van der Waals surface area (Å²) in [4.78, 5) is 14.2. The Kier molecular flexibility index (Phi) is 4.91. The summed E-state index contributed by atoms with van der Waals surface area (Å²) in [5.74, 6) is -0.101. The van der Waals surface area contributed by atoms with E-state index in [1.54, 1.807) is 30.1 Å². The highest BCUT2D eigenvalue weighted by Gasteiger charge is 2.21. The molecule has 0 heterocycles. The SMILES string of the molecule is CC(c1ccccc1Cl)N(C)C(=O)c1cc(N)cc(Br)c1. The van der Waals surface area contributed by atoms with Crippen LogP contribution in [0.25, 0.3) is 0 Å². The number of anilines is 1. The Bertz CT molecular complexity index is 655. The second kappa shape index (κ2) is 6.50. The molecule has 0 aliphatic heterocycles. The zero-order chi connectivity index (χ0) is 15.6. The van der Waals surface area contributed by atoms with Crippen LogP contribution in [0.2, 0.25) is 5.02 Å². The van der Waals surface area contributed by atoms with E-state index >= 15 is 0 Å². The molecule has 2 aromatic carbocycles. The molecule has 0 saturated carbocycles. The summed E-state index contributed by atoms with van der Waals surface area (Å²) in [7, 11) is 1.76. The molecule has 0 radical (unpaired) electrons. The molecule has 1 amide bonds. The van der Waals surface area contributed by atoms with Crippen LogP contribution in [0.15, 0.2) is 46.9 Å². The molecule has 0 aromatic heterocycles. The average molecular weight is 368 g/mol. The van der Waals surface area contributed by atoms with Gasteiger partial charge in [0, 0.05) is 27.8 Å². The van der Waals surface area contributed by atoms with Gasteiger partial charge in [-0.25, -0.2) is 0 Å². The van der Waals surface area contributed by atoms with Crippen LogP contribution in [-0.2, 0) is 0 Å². The van der Waals surface area contributed by atoms with E-state index < -0.39 is 0 Å². The van der Waals surface area contributed by atoms with Crippen molar-refractivity contribution < 1.29 is 4.79 Å². The quantitative estimate of drug-likeness (QED) is 0.811. The number of carbonyl (C=O) groups excluding carboxylic acids is 1. The van der Waals surface area contributed by atoms with Crippen molar-refractivity contribution in [1.29, 1.82) is 0 Å². The number of benzene rings is 2. The molecule has 0 aliphatic rings. The highest BCUT2D eigenvalue weighted by molar-refractivity contribution is 9.10. The van der Waals surface area contributed by atoms with Gasteiger partial charge in [-0.05, 0) is 36.8 Å². The zero-order valence-electron chi connectivity index (χ0n) is 11.8. The Morgan fingerprint density at radius 1 is 1.29 bits per heavy atom. The molecule has 0 spiro atoms. The van der Waals surface area contributed by atoms with Gasteiger partial charge in [0.05, 0.1) is 6.04 Å². The highest BCUT2D eigenvalue weighted by atomic mass is 79.9. The third-order valence-electron chi connectivity index (χ3n) is 3.42. The molecule has 2 aromatic rings. The fraction of sp³-hybridized carbons (Fsp3) is 0.188. The van der Waals surface area contributed by atoms with Gasteiger partial charge >= 0.3 is 0 Å². The number of rotatable bonds is 3. The Morgan fingerprint density at radius 2 is 1.95 bits per heavy atom. The predicted molar refractivity (Wildman–Crippen MR) is 90.5 cm³/mol. The Labute approximate surface area is 137 Å². The van der Waals surface area contributed by atoms with E-state index in [-0.39, 0.29) is 11.9 Å². The van der Waals surface area contributed by atoms with Gasteiger partial charge in [0.25, 0.3) is 5.91 Å². The topological polar surface area (TPSA) is 46.3 Å². The maximum absolute atomic E-state index is 12.6. The smallest absolute Gasteiger partial charge is 0.254 e. The molecule has 1 atom stereocenters. The van der Waals surface area contributed by atoms with Gasteiger partial charge in [0.15, 0.2) is 0 Å². The fourth-order valence-corrected chi connectivity index (χ4v) is 2.94. The van der Waals surface area contributed by atoms with Crippen molar-refractivity contribution in [2.24, 2.45) is 0 Å². The van der Waals surface area contributed by atoms with Crippen LogP contribution in [0.5, 0.6) is 0 Å². The number of amides is 1. The van der Waals surface area contributed by atoms with Crippen LogP contribution in [0.1, 0.15) is 28.9 Å². The molecule has 3 nitrogen and oxygen atoms in total. The first-order valence-electron chi connectivity index (χ1n) is 6.48. The minimum Gasteiger partial charge on any atom is -0.399 e. The second-order valence-corrected chi connectivity index (χ2v) is 6.21. The summed E-state index contributed by atoms with van der Waals surface area (Å²) >= 11 is 9.55. The Morgan fingerprint density at radius 3 is 2.57 bits per heavy atom. The molecule has 5 heteroatoms. The second-order valence-electron chi connectivity index (χ2n) is 4.89. The predicted octanol–water partition coefficient (Wildman–Crippen LogP) is 4.52. The van der Waals surface area contributed by atoms with Gasteiger partial charge in [0.2, 0.25) is 0 Å². The maximum Gasteiger partial charge on any atom is 0.254 e. The number of hydrogen-bond acceptors (Lipinski definition) is 2. The van der Waals surface area contributed by atoms with Crippen LogP contribution >= 0.6 is 27.5 Å². The molecule has 0 saturated heterocycles. The summed E-state index contributed by atoms with van der Waals surface area (Å²) in [5.41, 5.74) is 7.79. The lowest BCUT2D eigenvalue weighted by molar-refractivity contribution is 0.0742. The summed E-state index contributed by atoms with van der Waals surface area (Å²) in [6.07, 6.45) is 0. The summed E-state index contributed by atoms with van der Waals surface area (Å²) in [6.45, 7) is 1.94. The highest BCUT2D eigenvalue weighted by Crippen LogP contribution is 2.28. The van der Waals surface area contributed by atoms with Gasteiger partial charge in [-0.1, -0.05) is 45.7 Å². The first-order valence-corrected chi connectivity index (χ1v) is 7.65. The zero-order valence-corrected chi connectivity index (χ0v) is 14.1. The number of hydrogen-bond donors (Lipinski definition) is 1. The molecule has 0 aliphatic carbocycles. The summed E-state index contributed by atoms with van der Waals surface area (Å²) in [6, 6.07) is 12.6. The van der Waals surface area contributed by atoms with E-state index in [4.69, 9.17) is 17.3 Å². The van der Waals surface area contributed by atoms with Crippen LogP contribution in [0.3, 0.4) is 0 Å². The first-order chi connectivity index (χ1) is 9.90. The van der Waals surface area contributed by atoms with Gasteiger partial charge in [-0.3, -0.25) is 4.79 Å². The molecular weight excluding hydrogens is 352 g/mol. The molecule has 1 unspecified atom stereocenters. The van der Waals surface area contributed by atoms with Crippen LogP contribution < -0.4 is 5.73 Å². The lowest BCUT2D eigenvalue weighted by Crippen LogP contribution is -2.29. The molecular formula is C16H16BrClN2O. The number of nitrogens with two attached hydrogens (primary N) is 1. The van der Waals surface area contributed by atoms with Crippen LogP contribution in [0.4, 0.5) is 5.69 Å². The monoisotopic (exact) mass is 366 g/mol. The van der Waals surface area contributed by atoms with Crippen LogP contribution in [0, 0.1) is 0 Å². The number of halogens is 2. The maximum atomic E-state index is 12.6. The lowest BCUT2D eigenvalue weighted by atomic mass is 10.1. The molecule has 0 bridgehead atoms. The van der Waals surface area contributed by atoms with E-state index in [1.807, 2.05) is 31.2 Å². The van der Waals surface area contributed by atoms with E-state index in [0.29, 0.717) is 16.3 Å². The average Bonchev–Trinajstić information content (AvgIpc) is 2.44. The van der Waals surface area contributed by atoms with Crippen molar-refractivity contribution in [3.05, 3.63) is 63.1 Å². The summed E-state index contributed by atoms with van der Waals surface area (Å²) < 4.78 is 0.782. The molecule has 2 rings (SSSR count). The third-order valence-corrected chi connectivity index (χ3v) is 4.23. The minimum absolute atomic E-state index is 0.101. The van der Waals surface area contributed by atoms with E-state index in [1.165, 1.54) is 0 Å². The van der Waals surface area contributed by atoms with Gasteiger partial charge < -0.3 is 10.6 Å². The van der Waals surface area contributed by atoms with Crippen molar-refractivity contribution >= 4 is 39.1 Å². The number of carbonyl (C=O) groups is 1. The van der Waals surface area contributed by atoms with Crippen molar-refractivity contribution in [3.8, 4) is 0 Å². The fourth-order valence-electron chi connectivity index (χ4n) is 2.14. The van der Waals surface area contributed by atoms with E-state index in [9.17, 15) is 4.79 Å². The van der Waals surface area contributed by atoms with Gasteiger partial charge in [-0.15, -0.1) is 0 Å².